The molecular formula is C17H23NO2. The zero-order valence-corrected chi connectivity index (χ0v) is 13.2. The molecule has 1 aliphatic rings. The summed E-state index contributed by atoms with van der Waals surface area (Å²) in [5.41, 5.74) is 4.51. The Balaban J connectivity index is 2.61. The van der Waals surface area contributed by atoms with Crippen LogP contribution in [-0.2, 0) is 9.53 Å². The van der Waals surface area contributed by atoms with Gasteiger partial charge in [0.25, 0.3) is 0 Å². The maximum Gasteiger partial charge on any atom is 0.328 e. The van der Waals surface area contributed by atoms with Gasteiger partial charge >= 0.3 is 5.97 Å². The number of benzene rings is 1. The Kier molecular flexibility index (Phi) is 3.63. The van der Waals surface area contributed by atoms with Crippen LogP contribution in [0.2, 0.25) is 0 Å². The minimum atomic E-state index is -0.320. The molecule has 108 valence electrons. The third-order valence-corrected chi connectivity index (χ3v) is 3.96. The Labute approximate surface area is 121 Å². The summed E-state index contributed by atoms with van der Waals surface area (Å²) in [7, 11) is 1.44. The first-order valence-corrected chi connectivity index (χ1v) is 6.95. The van der Waals surface area contributed by atoms with Crippen molar-refractivity contribution in [3.05, 3.63) is 35.4 Å². The number of allylic oxidation sites excluding steroid dienone is 1. The summed E-state index contributed by atoms with van der Waals surface area (Å²) in [6, 6.07) is 6.06. The summed E-state index contributed by atoms with van der Waals surface area (Å²) >= 11 is 0. The van der Waals surface area contributed by atoms with Crippen molar-refractivity contribution in [2.24, 2.45) is 0 Å². The maximum atomic E-state index is 12.0. The highest BCUT2D eigenvalue weighted by Gasteiger charge is 2.37. The van der Waals surface area contributed by atoms with Crippen LogP contribution in [0.5, 0.6) is 0 Å². The largest absolute Gasteiger partial charge is 0.467 e. The quantitative estimate of drug-likeness (QED) is 0.772. The molecule has 1 atom stereocenters. The van der Waals surface area contributed by atoms with Gasteiger partial charge in [0, 0.05) is 11.3 Å². The number of carbonyl (C=O) groups is 1. The molecule has 2 rings (SSSR count). The molecule has 3 nitrogen and oxygen atoms in total. The molecule has 0 radical (unpaired) electrons. The van der Waals surface area contributed by atoms with Gasteiger partial charge in [0.15, 0.2) is 0 Å². The first-order valence-electron chi connectivity index (χ1n) is 6.95. The number of hydrogen-bond donors (Lipinski definition) is 0. The number of aryl methyl sites for hydroxylation is 1. The molecule has 0 unspecified atom stereocenters. The zero-order valence-electron chi connectivity index (χ0n) is 13.2. The average Bonchev–Trinajstić information content (AvgIpc) is 2.35. The predicted octanol–water partition coefficient (Wildman–Crippen LogP) is 3.56. The summed E-state index contributed by atoms with van der Waals surface area (Å²) in [6.07, 6.45) is 2.21. The molecule has 20 heavy (non-hydrogen) atoms. The summed E-state index contributed by atoms with van der Waals surface area (Å²) in [5.74, 6) is -0.210. The maximum absolute atomic E-state index is 12.0. The van der Waals surface area contributed by atoms with E-state index in [0.717, 1.165) is 5.69 Å². The van der Waals surface area contributed by atoms with Gasteiger partial charge in [0.05, 0.1) is 12.6 Å². The summed E-state index contributed by atoms with van der Waals surface area (Å²) in [4.78, 5) is 14.1. The lowest BCUT2D eigenvalue weighted by atomic mass is 9.87. The molecule has 1 heterocycles. The normalized spacial score (nSPS) is 18.1. The Morgan fingerprint density at radius 3 is 2.55 bits per heavy atom. The fourth-order valence-electron chi connectivity index (χ4n) is 3.15. The predicted molar refractivity (Wildman–Crippen MR) is 82.9 cm³/mol. The molecule has 0 aromatic heterocycles. The Hall–Kier alpha value is -1.77. The molecule has 1 aromatic rings. The summed E-state index contributed by atoms with van der Waals surface area (Å²) in [5, 5.41) is 0. The van der Waals surface area contributed by atoms with Crippen LogP contribution in [0, 0.1) is 6.92 Å². The number of hydrogen-bond acceptors (Lipinski definition) is 3. The van der Waals surface area contributed by atoms with Crippen molar-refractivity contribution in [1.82, 2.24) is 0 Å². The van der Waals surface area contributed by atoms with E-state index in [1.165, 1.54) is 23.8 Å². The molecular weight excluding hydrogens is 250 g/mol. The van der Waals surface area contributed by atoms with Gasteiger partial charge < -0.3 is 9.64 Å². The van der Waals surface area contributed by atoms with E-state index in [4.69, 9.17) is 4.74 Å². The lowest BCUT2D eigenvalue weighted by Gasteiger charge is -2.45. The monoisotopic (exact) mass is 273 g/mol. The molecule has 0 bridgehead atoms. The van der Waals surface area contributed by atoms with Crippen LogP contribution < -0.4 is 4.90 Å². The van der Waals surface area contributed by atoms with E-state index in [0.29, 0.717) is 0 Å². The number of fused-ring (bicyclic) bond motifs is 1. The van der Waals surface area contributed by atoms with Gasteiger partial charge in [-0.3, -0.25) is 0 Å². The van der Waals surface area contributed by atoms with Crippen LogP contribution >= 0.6 is 0 Å². The van der Waals surface area contributed by atoms with Gasteiger partial charge in [-0.15, -0.1) is 0 Å². The van der Waals surface area contributed by atoms with Crippen molar-refractivity contribution in [3.8, 4) is 0 Å². The van der Waals surface area contributed by atoms with Crippen LogP contribution in [-0.4, -0.2) is 24.7 Å². The van der Waals surface area contributed by atoms with E-state index in [1.807, 2.05) is 6.92 Å². The van der Waals surface area contributed by atoms with Gasteiger partial charge in [-0.25, -0.2) is 4.79 Å². The molecule has 0 saturated carbocycles. The van der Waals surface area contributed by atoms with Crippen LogP contribution in [0.4, 0.5) is 5.69 Å². The van der Waals surface area contributed by atoms with Crippen molar-refractivity contribution in [2.45, 2.75) is 46.2 Å². The van der Waals surface area contributed by atoms with E-state index in [-0.39, 0.29) is 17.6 Å². The fourth-order valence-corrected chi connectivity index (χ4v) is 3.15. The van der Waals surface area contributed by atoms with Crippen LogP contribution in [0.1, 0.15) is 38.8 Å². The minimum absolute atomic E-state index is 0.210. The van der Waals surface area contributed by atoms with Gasteiger partial charge in [0.2, 0.25) is 0 Å². The highest BCUT2D eigenvalue weighted by atomic mass is 16.5. The van der Waals surface area contributed by atoms with E-state index in [2.05, 4.69) is 56.9 Å². The molecule has 1 aliphatic heterocycles. The van der Waals surface area contributed by atoms with Crippen molar-refractivity contribution in [3.63, 3.8) is 0 Å². The third kappa shape index (κ3) is 2.33. The Bertz CT molecular complexity index is 572. The highest BCUT2D eigenvalue weighted by Crippen LogP contribution is 2.40. The van der Waals surface area contributed by atoms with E-state index < -0.39 is 0 Å². The van der Waals surface area contributed by atoms with E-state index in [1.54, 1.807) is 0 Å². The van der Waals surface area contributed by atoms with Crippen molar-refractivity contribution >= 4 is 17.2 Å². The second kappa shape index (κ2) is 4.97. The molecule has 0 aliphatic carbocycles. The number of methoxy groups -OCH3 is 1. The van der Waals surface area contributed by atoms with Gasteiger partial charge in [-0.2, -0.15) is 0 Å². The average molecular weight is 273 g/mol. The van der Waals surface area contributed by atoms with Gasteiger partial charge in [-0.1, -0.05) is 18.2 Å². The smallest absolute Gasteiger partial charge is 0.328 e. The van der Waals surface area contributed by atoms with Crippen LogP contribution in [0.3, 0.4) is 0 Å². The number of esters is 1. The second-order valence-electron chi connectivity index (χ2n) is 6.07. The third-order valence-electron chi connectivity index (χ3n) is 3.96. The van der Waals surface area contributed by atoms with Crippen LogP contribution in [0.25, 0.3) is 5.57 Å². The minimum Gasteiger partial charge on any atom is -0.467 e. The lowest BCUT2D eigenvalue weighted by molar-refractivity contribution is -0.142. The molecule has 0 saturated heterocycles. The molecule has 0 fully saturated rings. The highest BCUT2D eigenvalue weighted by molar-refractivity contribution is 5.87. The first kappa shape index (κ1) is 14.6. The first-order chi connectivity index (χ1) is 9.27. The lowest BCUT2D eigenvalue weighted by Crippen LogP contribution is -2.53. The topological polar surface area (TPSA) is 29.5 Å². The molecule has 0 spiro atoms. The van der Waals surface area contributed by atoms with Gasteiger partial charge in [0.1, 0.15) is 6.04 Å². The van der Waals surface area contributed by atoms with Crippen molar-refractivity contribution in [1.29, 1.82) is 0 Å². The second-order valence-corrected chi connectivity index (χ2v) is 6.07. The van der Waals surface area contributed by atoms with Gasteiger partial charge in [-0.05, 0) is 51.8 Å². The number of nitrogens with zero attached hydrogens (tertiary/aromatic N) is 1. The molecule has 3 heteroatoms. The Morgan fingerprint density at radius 2 is 1.95 bits per heavy atom. The molecule has 1 aromatic carbocycles. The number of rotatable bonds is 2. The summed E-state index contributed by atoms with van der Waals surface area (Å²) in [6.45, 7) is 10.3. The van der Waals surface area contributed by atoms with Crippen molar-refractivity contribution < 1.29 is 9.53 Å². The van der Waals surface area contributed by atoms with Crippen molar-refractivity contribution in [2.75, 3.05) is 12.0 Å². The SMILES string of the molecule is COC(=O)[C@H](C)N1c2cc(C)ccc2C(C)=CC1(C)C. The van der Waals surface area contributed by atoms with Crippen LogP contribution in [0.15, 0.2) is 24.3 Å². The molecule has 0 amide bonds. The Morgan fingerprint density at radius 1 is 1.30 bits per heavy atom. The number of ether oxygens (including phenoxy) is 1. The summed E-state index contributed by atoms with van der Waals surface area (Å²) < 4.78 is 4.93. The molecule has 0 N–H and O–H groups in total. The fraction of sp³-hybridized carbons (Fsp3) is 0.471. The van der Waals surface area contributed by atoms with E-state index >= 15 is 0 Å². The standard InChI is InChI=1S/C17H23NO2/c1-11-7-8-14-12(2)10-17(4,5)18(15(14)9-11)13(3)16(19)20-6/h7-10,13H,1-6H3/t13-/m0/s1. The van der Waals surface area contributed by atoms with E-state index in [9.17, 15) is 4.79 Å². The zero-order chi connectivity index (χ0) is 15.1. The number of anilines is 1. The number of carbonyl (C=O) groups excluding carboxylic acids is 1.